The molecule has 0 bridgehead atoms. The highest BCUT2D eigenvalue weighted by atomic mass is 19.1. The molecule has 0 saturated carbocycles. The number of anilines is 1. The van der Waals surface area contributed by atoms with Crippen LogP contribution in [-0.2, 0) is 25.9 Å². The molecule has 0 atom stereocenters. The number of halogens is 1. The molecule has 0 amide bonds. The summed E-state index contributed by atoms with van der Waals surface area (Å²) in [5.74, 6) is 0.598. The van der Waals surface area contributed by atoms with Gasteiger partial charge in [-0.25, -0.2) is 14.4 Å². The average molecular weight is 272 g/mol. The number of fused-ring (bicyclic) bond motifs is 1. The van der Waals surface area contributed by atoms with E-state index in [0.29, 0.717) is 18.7 Å². The lowest BCUT2D eigenvalue weighted by Gasteiger charge is -2.10. The molecule has 1 aliphatic rings. The minimum atomic E-state index is -0.230. The SMILES string of the molecule is NCc1ccc(CNc2ncnc3c2CCC3)c(F)c1. The Labute approximate surface area is 117 Å². The van der Waals surface area contributed by atoms with E-state index in [0.717, 1.165) is 36.3 Å². The molecule has 0 saturated heterocycles. The zero-order valence-electron chi connectivity index (χ0n) is 11.2. The normalized spacial score (nSPS) is 13.3. The maximum absolute atomic E-state index is 13.9. The van der Waals surface area contributed by atoms with Gasteiger partial charge in [-0.05, 0) is 30.9 Å². The van der Waals surface area contributed by atoms with E-state index in [9.17, 15) is 4.39 Å². The van der Waals surface area contributed by atoms with Crippen molar-refractivity contribution in [1.82, 2.24) is 9.97 Å². The summed E-state index contributed by atoms with van der Waals surface area (Å²) in [6.07, 6.45) is 4.68. The Hall–Kier alpha value is -2.01. The van der Waals surface area contributed by atoms with Gasteiger partial charge in [0.05, 0.1) is 0 Å². The van der Waals surface area contributed by atoms with Crippen molar-refractivity contribution in [3.63, 3.8) is 0 Å². The van der Waals surface area contributed by atoms with Crippen LogP contribution in [0.5, 0.6) is 0 Å². The van der Waals surface area contributed by atoms with Crippen molar-refractivity contribution < 1.29 is 4.39 Å². The van der Waals surface area contributed by atoms with Crippen molar-refractivity contribution in [1.29, 1.82) is 0 Å². The summed E-state index contributed by atoms with van der Waals surface area (Å²) in [4.78, 5) is 8.54. The number of hydrogen-bond acceptors (Lipinski definition) is 4. The standard InChI is InChI=1S/C15H17FN4/c16-13-6-10(7-17)4-5-11(13)8-18-15-12-2-1-3-14(12)19-9-20-15/h4-6,9H,1-3,7-8,17H2,(H,18,19,20). The number of hydrogen-bond donors (Lipinski definition) is 2. The number of aryl methyl sites for hydroxylation is 1. The van der Waals surface area contributed by atoms with Gasteiger partial charge in [-0.3, -0.25) is 0 Å². The van der Waals surface area contributed by atoms with Crippen LogP contribution < -0.4 is 11.1 Å². The van der Waals surface area contributed by atoms with E-state index < -0.39 is 0 Å². The highest BCUT2D eigenvalue weighted by Gasteiger charge is 2.16. The number of nitrogens with two attached hydrogens (primary N) is 1. The second kappa shape index (κ2) is 5.54. The van der Waals surface area contributed by atoms with Gasteiger partial charge < -0.3 is 11.1 Å². The lowest BCUT2D eigenvalue weighted by molar-refractivity contribution is 0.610. The third kappa shape index (κ3) is 2.49. The number of nitrogens with one attached hydrogen (secondary N) is 1. The van der Waals surface area contributed by atoms with E-state index in [1.165, 1.54) is 11.6 Å². The summed E-state index contributed by atoms with van der Waals surface area (Å²) >= 11 is 0. The maximum atomic E-state index is 13.9. The maximum Gasteiger partial charge on any atom is 0.133 e. The molecule has 3 rings (SSSR count). The predicted octanol–water partition coefficient (Wildman–Crippen LogP) is 2.18. The summed E-state index contributed by atoms with van der Waals surface area (Å²) < 4.78 is 13.9. The lowest BCUT2D eigenvalue weighted by atomic mass is 10.1. The van der Waals surface area contributed by atoms with Gasteiger partial charge in [-0.2, -0.15) is 0 Å². The van der Waals surface area contributed by atoms with Crippen LogP contribution in [-0.4, -0.2) is 9.97 Å². The quantitative estimate of drug-likeness (QED) is 0.895. The molecule has 0 unspecified atom stereocenters. The van der Waals surface area contributed by atoms with Crippen LogP contribution >= 0.6 is 0 Å². The average Bonchev–Trinajstić information content (AvgIpc) is 2.95. The fourth-order valence-corrected chi connectivity index (χ4v) is 2.55. The largest absolute Gasteiger partial charge is 0.366 e. The Bertz CT molecular complexity index is 627. The van der Waals surface area contributed by atoms with Crippen molar-refractivity contribution in [2.75, 3.05) is 5.32 Å². The highest BCUT2D eigenvalue weighted by molar-refractivity contribution is 5.48. The van der Waals surface area contributed by atoms with Gasteiger partial charge in [-0.15, -0.1) is 0 Å². The van der Waals surface area contributed by atoms with E-state index in [-0.39, 0.29) is 5.82 Å². The van der Waals surface area contributed by atoms with Gasteiger partial charge in [0.15, 0.2) is 0 Å². The van der Waals surface area contributed by atoms with Crippen molar-refractivity contribution in [2.24, 2.45) is 5.73 Å². The van der Waals surface area contributed by atoms with Gasteiger partial charge in [0.1, 0.15) is 18.0 Å². The molecule has 0 aliphatic heterocycles. The van der Waals surface area contributed by atoms with Crippen molar-refractivity contribution in [3.05, 3.63) is 52.7 Å². The van der Waals surface area contributed by atoms with Crippen LogP contribution in [0.1, 0.15) is 28.8 Å². The minimum absolute atomic E-state index is 0.230. The number of rotatable bonds is 4. The molecule has 4 nitrogen and oxygen atoms in total. The molecular weight excluding hydrogens is 255 g/mol. The zero-order valence-corrected chi connectivity index (χ0v) is 11.2. The van der Waals surface area contributed by atoms with Gasteiger partial charge >= 0.3 is 0 Å². The second-order valence-corrected chi connectivity index (χ2v) is 4.98. The first-order valence-corrected chi connectivity index (χ1v) is 6.82. The zero-order chi connectivity index (χ0) is 13.9. The molecule has 1 aromatic heterocycles. The van der Waals surface area contributed by atoms with Gasteiger partial charge in [0, 0.05) is 29.9 Å². The molecule has 1 aliphatic carbocycles. The van der Waals surface area contributed by atoms with E-state index in [1.54, 1.807) is 12.4 Å². The van der Waals surface area contributed by atoms with E-state index in [4.69, 9.17) is 5.73 Å². The summed E-state index contributed by atoms with van der Waals surface area (Å²) in [5, 5.41) is 3.22. The summed E-state index contributed by atoms with van der Waals surface area (Å²) in [6.45, 7) is 0.768. The Balaban J connectivity index is 1.76. The molecule has 0 fully saturated rings. The minimum Gasteiger partial charge on any atom is -0.366 e. The van der Waals surface area contributed by atoms with Crippen LogP contribution in [0.2, 0.25) is 0 Å². The van der Waals surface area contributed by atoms with Crippen LogP contribution in [0.25, 0.3) is 0 Å². The molecular formula is C15H17FN4. The topological polar surface area (TPSA) is 63.8 Å². The van der Waals surface area contributed by atoms with Crippen molar-refractivity contribution in [2.45, 2.75) is 32.4 Å². The first kappa shape index (κ1) is 13.0. The highest BCUT2D eigenvalue weighted by Crippen LogP contribution is 2.25. The monoisotopic (exact) mass is 272 g/mol. The Morgan fingerprint density at radius 2 is 2.15 bits per heavy atom. The van der Waals surface area contributed by atoms with Crippen LogP contribution in [0.4, 0.5) is 10.2 Å². The van der Waals surface area contributed by atoms with Crippen molar-refractivity contribution >= 4 is 5.82 Å². The Morgan fingerprint density at radius 3 is 2.95 bits per heavy atom. The molecule has 0 spiro atoms. The van der Waals surface area contributed by atoms with Crippen LogP contribution in [0.3, 0.4) is 0 Å². The number of benzene rings is 1. The smallest absolute Gasteiger partial charge is 0.133 e. The van der Waals surface area contributed by atoms with E-state index in [1.807, 2.05) is 6.07 Å². The van der Waals surface area contributed by atoms with Crippen LogP contribution in [0, 0.1) is 5.82 Å². The molecule has 0 radical (unpaired) electrons. The van der Waals surface area contributed by atoms with Gasteiger partial charge in [-0.1, -0.05) is 12.1 Å². The molecule has 20 heavy (non-hydrogen) atoms. The second-order valence-electron chi connectivity index (χ2n) is 4.98. The molecule has 3 N–H and O–H groups in total. The fourth-order valence-electron chi connectivity index (χ4n) is 2.55. The molecule has 1 heterocycles. The molecule has 1 aromatic carbocycles. The third-order valence-electron chi connectivity index (χ3n) is 3.67. The summed E-state index contributed by atoms with van der Waals surface area (Å²) in [7, 11) is 0. The molecule has 104 valence electrons. The predicted molar refractivity (Wildman–Crippen MR) is 75.7 cm³/mol. The fraction of sp³-hybridized carbons (Fsp3) is 0.333. The molecule has 2 aromatic rings. The first-order valence-electron chi connectivity index (χ1n) is 6.82. The van der Waals surface area contributed by atoms with Crippen molar-refractivity contribution in [3.8, 4) is 0 Å². The van der Waals surface area contributed by atoms with E-state index >= 15 is 0 Å². The lowest BCUT2D eigenvalue weighted by Crippen LogP contribution is -2.07. The number of nitrogens with zero attached hydrogens (tertiary/aromatic N) is 2. The Morgan fingerprint density at radius 1 is 1.25 bits per heavy atom. The van der Waals surface area contributed by atoms with E-state index in [2.05, 4.69) is 15.3 Å². The third-order valence-corrected chi connectivity index (χ3v) is 3.67. The summed E-state index contributed by atoms with van der Waals surface area (Å²) in [5.41, 5.74) is 9.20. The first-order chi connectivity index (χ1) is 9.78. The summed E-state index contributed by atoms with van der Waals surface area (Å²) in [6, 6.07) is 5.11. The van der Waals surface area contributed by atoms with Gasteiger partial charge in [0.2, 0.25) is 0 Å². The van der Waals surface area contributed by atoms with Gasteiger partial charge in [0.25, 0.3) is 0 Å². The van der Waals surface area contributed by atoms with Crippen LogP contribution in [0.15, 0.2) is 24.5 Å². The Kier molecular flexibility index (Phi) is 3.60. The molecule has 5 heteroatoms. The number of aromatic nitrogens is 2.